The Balaban J connectivity index is 1.57. The van der Waals surface area contributed by atoms with Crippen molar-refractivity contribution in [1.29, 1.82) is 0 Å². The number of ether oxygens (including phenoxy) is 1. The molecule has 0 saturated carbocycles. The Morgan fingerprint density at radius 3 is 2.56 bits per heavy atom. The van der Waals surface area contributed by atoms with Crippen LogP contribution in [0.5, 0.6) is 0 Å². The predicted octanol–water partition coefficient (Wildman–Crippen LogP) is 4.83. The molecule has 2 heterocycles. The molecule has 0 N–H and O–H groups in total. The van der Waals surface area contributed by atoms with Gasteiger partial charge in [-0.3, -0.25) is 4.90 Å². The molecule has 3 rings (SSSR count). The minimum absolute atomic E-state index is 0.188. The van der Waals surface area contributed by atoms with Gasteiger partial charge in [-0.05, 0) is 57.9 Å². The van der Waals surface area contributed by atoms with Crippen molar-refractivity contribution in [3.05, 3.63) is 33.8 Å². The summed E-state index contributed by atoms with van der Waals surface area (Å²) in [6.07, 6.45) is 1.98. The van der Waals surface area contributed by atoms with E-state index in [4.69, 9.17) is 27.9 Å². The molecule has 25 heavy (non-hydrogen) atoms. The Morgan fingerprint density at radius 1 is 1.16 bits per heavy atom. The number of hydrogen-bond acceptors (Lipinski definition) is 3. The Kier molecular flexibility index (Phi) is 5.25. The molecule has 2 aliphatic heterocycles. The van der Waals surface area contributed by atoms with E-state index in [1.54, 1.807) is 0 Å². The van der Waals surface area contributed by atoms with Gasteiger partial charge in [-0.25, -0.2) is 4.79 Å². The van der Waals surface area contributed by atoms with E-state index in [0.717, 1.165) is 45.6 Å². The molecule has 2 aliphatic rings. The lowest BCUT2D eigenvalue weighted by Gasteiger charge is -2.27. The smallest absolute Gasteiger partial charge is 0.410 e. The minimum Gasteiger partial charge on any atom is -0.444 e. The highest BCUT2D eigenvalue weighted by molar-refractivity contribution is 6.42. The van der Waals surface area contributed by atoms with Gasteiger partial charge in [0.25, 0.3) is 0 Å². The highest BCUT2D eigenvalue weighted by Gasteiger charge is 2.45. The second-order valence-electron chi connectivity index (χ2n) is 8.36. The van der Waals surface area contributed by atoms with Gasteiger partial charge < -0.3 is 9.64 Å². The fourth-order valence-electron chi connectivity index (χ4n) is 3.81. The van der Waals surface area contributed by atoms with Crippen molar-refractivity contribution >= 4 is 29.3 Å². The Bertz CT molecular complexity index is 659. The molecule has 2 fully saturated rings. The maximum absolute atomic E-state index is 12.3. The Hall–Kier alpha value is -0.970. The van der Waals surface area contributed by atoms with E-state index in [2.05, 4.69) is 4.90 Å². The Morgan fingerprint density at radius 2 is 1.88 bits per heavy atom. The summed E-state index contributed by atoms with van der Waals surface area (Å²) in [6.45, 7) is 10.2. The molecule has 1 spiro atoms. The highest BCUT2D eigenvalue weighted by atomic mass is 35.5. The van der Waals surface area contributed by atoms with E-state index >= 15 is 0 Å². The largest absolute Gasteiger partial charge is 0.444 e. The van der Waals surface area contributed by atoms with Crippen LogP contribution >= 0.6 is 23.2 Å². The second-order valence-corrected chi connectivity index (χ2v) is 9.18. The van der Waals surface area contributed by atoms with E-state index in [-0.39, 0.29) is 11.5 Å². The molecule has 1 aromatic rings. The summed E-state index contributed by atoms with van der Waals surface area (Å²) in [7, 11) is 0. The number of halogens is 2. The first kappa shape index (κ1) is 18.8. The zero-order valence-corrected chi connectivity index (χ0v) is 16.7. The van der Waals surface area contributed by atoms with Crippen molar-refractivity contribution in [2.24, 2.45) is 5.41 Å². The van der Waals surface area contributed by atoms with Crippen LogP contribution in [0, 0.1) is 5.41 Å². The molecule has 138 valence electrons. The van der Waals surface area contributed by atoms with Crippen molar-refractivity contribution in [2.75, 3.05) is 26.2 Å². The van der Waals surface area contributed by atoms with Crippen LogP contribution in [0.25, 0.3) is 0 Å². The molecule has 1 aromatic carbocycles. The summed E-state index contributed by atoms with van der Waals surface area (Å²) in [5, 5.41) is 1.19. The molecule has 0 radical (unpaired) electrons. The monoisotopic (exact) mass is 384 g/mol. The van der Waals surface area contributed by atoms with Gasteiger partial charge >= 0.3 is 6.09 Å². The van der Waals surface area contributed by atoms with Crippen LogP contribution in [0.1, 0.15) is 39.2 Å². The van der Waals surface area contributed by atoms with Crippen molar-refractivity contribution in [2.45, 2.75) is 45.8 Å². The lowest BCUT2D eigenvalue weighted by atomic mass is 9.86. The van der Waals surface area contributed by atoms with Crippen molar-refractivity contribution in [3.63, 3.8) is 0 Å². The third kappa shape index (κ3) is 4.60. The van der Waals surface area contributed by atoms with Gasteiger partial charge in [0, 0.05) is 31.6 Å². The average Bonchev–Trinajstić information content (AvgIpc) is 3.09. The normalized spacial score (nSPS) is 24.3. The van der Waals surface area contributed by atoms with Crippen molar-refractivity contribution in [1.82, 2.24) is 9.80 Å². The summed E-state index contributed by atoms with van der Waals surface area (Å²) >= 11 is 12.1. The average molecular weight is 385 g/mol. The number of benzene rings is 1. The summed E-state index contributed by atoms with van der Waals surface area (Å²) in [5.74, 6) is 0. The van der Waals surface area contributed by atoms with Gasteiger partial charge in [0.15, 0.2) is 0 Å². The molecule has 4 nitrogen and oxygen atoms in total. The standard InChI is InChI=1S/C19H26Cl2N2O2/c1-18(2,3)25-17(24)23-9-7-19(13-23)6-8-22(12-19)11-14-4-5-15(20)16(21)10-14/h4-5,10H,6-9,11-13H2,1-3H3. The first-order valence-corrected chi connectivity index (χ1v) is 9.56. The third-order valence-corrected chi connectivity index (χ3v) is 5.74. The van der Waals surface area contributed by atoms with Gasteiger partial charge in [0.05, 0.1) is 10.0 Å². The first-order chi connectivity index (χ1) is 11.7. The van der Waals surface area contributed by atoms with Crippen molar-refractivity contribution in [3.8, 4) is 0 Å². The predicted molar refractivity (Wildman–Crippen MR) is 101 cm³/mol. The number of amides is 1. The van der Waals surface area contributed by atoms with E-state index in [1.165, 1.54) is 5.56 Å². The second kappa shape index (κ2) is 6.98. The van der Waals surface area contributed by atoms with Crippen LogP contribution < -0.4 is 0 Å². The zero-order valence-electron chi connectivity index (χ0n) is 15.1. The van der Waals surface area contributed by atoms with Crippen LogP contribution in [0.15, 0.2) is 18.2 Å². The summed E-state index contributed by atoms with van der Waals surface area (Å²) in [5.41, 5.74) is 0.934. The molecular weight excluding hydrogens is 359 g/mol. The van der Waals surface area contributed by atoms with Crippen LogP contribution in [0.3, 0.4) is 0 Å². The lowest BCUT2D eigenvalue weighted by Crippen LogP contribution is -2.37. The quantitative estimate of drug-likeness (QED) is 0.731. The highest BCUT2D eigenvalue weighted by Crippen LogP contribution is 2.40. The lowest BCUT2D eigenvalue weighted by molar-refractivity contribution is 0.0274. The Labute approximate surface area is 160 Å². The zero-order chi connectivity index (χ0) is 18.2. The summed E-state index contributed by atoms with van der Waals surface area (Å²) in [4.78, 5) is 16.6. The molecule has 1 amide bonds. The molecule has 2 saturated heterocycles. The van der Waals surface area contributed by atoms with E-state index < -0.39 is 5.60 Å². The van der Waals surface area contributed by atoms with Crippen molar-refractivity contribution < 1.29 is 9.53 Å². The SMILES string of the molecule is CC(C)(C)OC(=O)N1CCC2(CCN(Cc3ccc(Cl)c(Cl)c3)C2)C1. The molecule has 1 unspecified atom stereocenters. The maximum Gasteiger partial charge on any atom is 0.410 e. The molecule has 6 heteroatoms. The van der Waals surface area contributed by atoms with Gasteiger partial charge in [0.1, 0.15) is 5.60 Å². The molecular formula is C19H26Cl2N2O2. The van der Waals surface area contributed by atoms with E-state index in [9.17, 15) is 4.79 Å². The molecule has 1 atom stereocenters. The number of carbonyl (C=O) groups is 1. The van der Waals surface area contributed by atoms with Crippen LogP contribution in [0.4, 0.5) is 4.79 Å². The number of likely N-dealkylation sites (tertiary alicyclic amines) is 2. The summed E-state index contributed by atoms with van der Waals surface area (Å²) < 4.78 is 5.52. The molecule has 0 aliphatic carbocycles. The molecule has 0 aromatic heterocycles. The van der Waals surface area contributed by atoms with Gasteiger partial charge in [-0.15, -0.1) is 0 Å². The first-order valence-electron chi connectivity index (χ1n) is 8.80. The topological polar surface area (TPSA) is 32.8 Å². The summed E-state index contributed by atoms with van der Waals surface area (Å²) in [6, 6.07) is 5.82. The van der Waals surface area contributed by atoms with Gasteiger partial charge in [-0.1, -0.05) is 29.3 Å². The van der Waals surface area contributed by atoms with Crippen LogP contribution in [0.2, 0.25) is 10.0 Å². The van der Waals surface area contributed by atoms with Crippen LogP contribution in [-0.4, -0.2) is 47.7 Å². The molecule has 0 bridgehead atoms. The number of rotatable bonds is 2. The van der Waals surface area contributed by atoms with Gasteiger partial charge in [0.2, 0.25) is 0 Å². The maximum atomic E-state index is 12.3. The fourth-order valence-corrected chi connectivity index (χ4v) is 4.13. The fraction of sp³-hybridized carbons (Fsp3) is 0.632. The van der Waals surface area contributed by atoms with E-state index in [0.29, 0.717) is 10.0 Å². The number of nitrogens with zero attached hydrogens (tertiary/aromatic N) is 2. The van der Waals surface area contributed by atoms with Crippen LogP contribution in [-0.2, 0) is 11.3 Å². The third-order valence-electron chi connectivity index (χ3n) is 5.00. The van der Waals surface area contributed by atoms with E-state index in [1.807, 2.05) is 43.9 Å². The number of carbonyl (C=O) groups excluding carboxylic acids is 1. The number of hydrogen-bond donors (Lipinski definition) is 0. The van der Waals surface area contributed by atoms with Gasteiger partial charge in [-0.2, -0.15) is 0 Å². The minimum atomic E-state index is -0.442.